The third kappa shape index (κ3) is 4.80. The van der Waals surface area contributed by atoms with Gasteiger partial charge in [0.1, 0.15) is 12.4 Å². The highest BCUT2D eigenvalue weighted by molar-refractivity contribution is 7.18. The van der Waals surface area contributed by atoms with Crippen molar-refractivity contribution in [2.24, 2.45) is 5.92 Å². The molecule has 4 rings (SSSR count). The van der Waals surface area contributed by atoms with Crippen molar-refractivity contribution in [1.29, 1.82) is 0 Å². The van der Waals surface area contributed by atoms with Gasteiger partial charge in [-0.15, -0.1) is 22.7 Å². The fourth-order valence-corrected chi connectivity index (χ4v) is 4.75. The van der Waals surface area contributed by atoms with Crippen LogP contribution in [0.1, 0.15) is 30.0 Å². The van der Waals surface area contributed by atoms with E-state index in [1.54, 1.807) is 21.7 Å². The molecule has 1 amide bonds. The number of aromatic nitrogens is 2. The fourth-order valence-electron chi connectivity index (χ4n) is 3.40. The Labute approximate surface area is 172 Å². The molecule has 0 saturated carbocycles. The molecule has 0 bridgehead atoms. The summed E-state index contributed by atoms with van der Waals surface area (Å²) in [5, 5.41) is 2.97. The number of likely N-dealkylation sites (tertiary alicyclic amines) is 1. The largest absolute Gasteiger partial charge is 0.494 e. The Kier molecular flexibility index (Phi) is 6.07. The number of hydrogen-bond acceptors (Lipinski definition) is 7. The Balaban J connectivity index is 1.17. The number of hydrogen-bond donors (Lipinski definition) is 0. The molecule has 0 aliphatic carbocycles. The van der Waals surface area contributed by atoms with Gasteiger partial charge < -0.3 is 14.4 Å². The van der Waals surface area contributed by atoms with Gasteiger partial charge in [-0.25, -0.2) is 14.8 Å². The number of carbonyl (C=O) groups excluding carboxylic acids is 1. The summed E-state index contributed by atoms with van der Waals surface area (Å²) in [6.07, 6.45) is 2.73. The Morgan fingerprint density at radius 2 is 2.18 bits per heavy atom. The maximum atomic E-state index is 12.2. The predicted octanol–water partition coefficient (Wildman–Crippen LogP) is 4.88. The van der Waals surface area contributed by atoms with Crippen molar-refractivity contribution >= 4 is 39.0 Å². The molecule has 8 heteroatoms. The van der Waals surface area contributed by atoms with Gasteiger partial charge in [-0.05, 0) is 44.2 Å². The predicted molar refractivity (Wildman–Crippen MR) is 111 cm³/mol. The number of aryl methyl sites for hydroxylation is 1. The number of thiazole rings is 2. The van der Waals surface area contributed by atoms with Crippen LogP contribution in [0.2, 0.25) is 0 Å². The monoisotopic (exact) mass is 417 g/mol. The molecule has 1 saturated heterocycles. The number of nitrogens with zero attached hydrogens (tertiary/aromatic N) is 3. The maximum absolute atomic E-state index is 12.2. The van der Waals surface area contributed by atoms with Crippen LogP contribution in [0.5, 0.6) is 5.75 Å². The molecule has 2 aromatic heterocycles. The summed E-state index contributed by atoms with van der Waals surface area (Å²) in [7, 11) is 0. The van der Waals surface area contributed by atoms with E-state index >= 15 is 0 Å². The smallest absolute Gasteiger partial charge is 0.410 e. The lowest BCUT2D eigenvalue weighted by Crippen LogP contribution is -2.39. The van der Waals surface area contributed by atoms with Crippen LogP contribution in [0.4, 0.5) is 4.79 Å². The van der Waals surface area contributed by atoms with E-state index in [0.29, 0.717) is 12.5 Å². The van der Waals surface area contributed by atoms with Crippen molar-refractivity contribution in [3.8, 4) is 5.75 Å². The number of carbonyl (C=O) groups is 1. The molecule has 1 fully saturated rings. The summed E-state index contributed by atoms with van der Waals surface area (Å²) in [6, 6.07) is 6.10. The van der Waals surface area contributed by atoms with Crippen LogP contribution < -0.4 is 4.74 Å². The highest BCUT2D eigenvalue weighted by atomic mass is 32.1. The fraction of sp³-hybridized carbons (Fsp3) is 0.450. The third-order valence-corrected chi connectivity index (χ3v) is 6.55. The summed E-state index contributed by atoms with van der Waals surface area (Å²) in [4.78, 5) is 22.6. The molecular weight excluding hydrogens is 394 g/mol. The normalized spacial score (nSPS) is 15.1. The van der Waals surface area contributed by atoms with E-state index in [4.69, 9.17) is 9.47 Å². The van der Waals surface area contributed by atoms with Gasteiger partial charge in [0.2, 0.25) is 0 Å². The second-order valence-electron chi connectivity index (χ2n) is 6.96. The van der Waals surface area contributed by atoms with Gasteiger partial charge >= 0.3 is 6.09 Å². The Morgan fingerprint density at radius 3 is 2.96 bits per heavy atom. The lowest BCUT2D eigenvalue weighted by atomic mass is 9.94. The third-order valence-electron chi connectivity index (χ3n) is 4.96. The van der Waals surface area contributed by atoms with E-state index in [0.717, 1.165) is 54.3 Å². The zero-order valence-electron chi connectivity index (χ0n) is 15.8. The van der Waals surface area contributed by atoms with Gasteiger partial charge in [-0.2, -0.15) is 0 Å². The van der Waals surface area contributed by atoms with E-state index in [-0.39, 0.29) is 12.7 Å². The van der Waals surface area contributed by atoms with Crippen LogP contribution in [-0.4, -0.2) is 40.7 Å². The van der Waals surface area contributed by atoms with E-state index in [9.17, 15) is 4.79 Å². The zero-order chi connectivity index (χ0) is 19.3. The lowest BCUT2D eigenvalue weighted by molar-refractivity contribution is 0.0792. The molecule has 0 atom stereocenters. The van der Waals surface area contributed by atoms with Gasteiger partial charge in [-0.3, -0.25) is 0 Å². The molecule has 3 heterocycles. The van der Waals surface area contributed by atoms with Gasteiger partial charge in [-0.1, -0.05) is 0 Å². The van der Waals surface area contributed by atoms with Gasteiger partial charge in [0.25, 0.3) is 0 Å². The van der Waals surface area contributed by atoms with Crippen LogP contribution in [0.3, 0.4) is 0 Å². The molecule has 1 aliphatic heterocycles. The SMILES string of the molecule is Cc1nc2cc(OCCC3CCN(C(=O)OCc4cscn4)CC3)ccc2s1. The van der Waals surface area contributed by atoms with E-state index < -0.39 is 0 Å². The molecule has 0 N–H and O–H groups in total. The summed E-state index contributed by atoms with van der Waals surface area (Å²) >= 11 is 3.20. The van der Waals surface area contributed by atoms with Crippen molar-refractivity contribution < 1.29 is 14.3 Å². The second-order valence-corrected chi connectivity index (χ2v) is 8.92. The van der Waals surface area contributed by atoms with Gasteiger partial charge in [0.05, 0.1) is 33.0 Å². The topological polar surface area (TPSA) is 64.5 Å². The molecule has 1 aromatic carbocycles. The minimum absolute atomic E-state index is 0.241. The van der Waals surface area contributed by atoms with E-state index in [1.807, 2.05) is 24.4 Å². The Morgan fingerprint density at radius 1 is 1.32 bits per heavy atom. The van der Waals surface area contributed by atoms with Crippen molar-refractivity contribution in [3.63, 3.8) is 0 Å². The molecular formula is C20H23N3O3S2. The molecule has 0 radical (unpaired) electrons. The average Bonchev–Trinajstić information content (AvgIpc) is 3.35. The highest BCUT2D eigenvalue weighted by Gasteiger charge is 2.23. The van der Waals surface area contributed by atoms with Crippen molar-refractivity contribution in [3.05, 3.63) is 39.8 Å². The minimum Gasteiger partial charge on any atom is -0.494 e. The maximum Gasteiger partial charge on any atom is 0.410 e. The van der Waals surface area contributed by atoms with Crippen LogP contribution in [0.15, 0.2) is 29.1 Å². The van der Waals surface area contributed by atoms with Crippen LogP contribution in [0, 0.1) is 12.8 Å². The first-order valence-electron chi connectivity index (χ1n) is 9.46. The summed E-state index contributed by atoms with van der Waals surface area (Å²) in [5.74, 6) is 1.45. The first kappa shape index (κ1) is 19.1. The van der Waals surface area contributed by atoms with E-state index in [1.165, 1.54) is 16.0 Å². The van der Waals surface area contributed by atoms with Crippen molar-refractivity contribution in [2.45, 2.75) is 32.8 Å². The molecule has 0 spiro atoms. The van der Waals surface area contributed by atoms with Crippen LogP contribution in [-0.2, 0) is 11.3 Å². The number of piperidine rings is 1. The van der Waals surface area contributed by atoms with Crippen LogP contribution >= 0.6 is 22.7 Å². The molecule has 28 heavy (non-hydrogen) atoms. The quantitative estimate of drug-likeness (QED) is 0.572. The molecule has 3 aromatic rings. The van der Waals surface area contributed by atoms with Crippen LogP contribution in [0.25, 0.3) is 10.2 Å². The highest BCUT2D eigenvalue weighted by Crippen LogP contribution is 2.26. The standard InChI is InChI=1S/C20H23N3O3S2/c1-14-22-18-10-17(2-3-19(18)28-14)25-9-6-15-4-7-23(8-5-15)20(24)26-11-16-12-27-13-21-16/h2-3,10,12-13,15H,4-9,11H2,1H3. The second kappa shape index (κ2) is 8.87. The summed E-state index contributed by atoms with van der Waals surface area (Å²) < 4.78 is 12.5. The molecule has 0 unspecified atom stereocenters. The average molecular weight is 418 g/mol. The number of rotatable bonds is 6. The number of fused-ring (bicyclic) bond motifs is 1. The van der Waals surface area contributed by atoms with Gasteiger partial charge in [0, 0.05) is 24.5 Å². The number of benzene rings is 1. The Hall–Kier alpha value is -2.19. The lowest BCUT2D eigenvalue weighted by Gasteiger charge is -2.31. The first-order valence-corrected chi connectivity index (χ1v) is 11.2. The Bertz CT molecular complexity index is 918. The van der Waals surface area contributed by atoms with E-state index in [2.05, 4.69) is 16.0 Å². The first-order chi connectivity index (χ1) is 13.7. The van der Waals surface area contributed by atoms with Crippen molar-refractivity contribution in [2.75, 3.05) is 19.7 Å². The molecule has 148 valence electrons. The summed E-state index contributed by atoms with van der Waals surface area (Å²) in [6.45, 7) is 4.44. The zero-order valence-corrected chi connectivity index (χ0v) is 17.4. The van der Waals surface area contributed by atoms with Gasteiger partial charge in [0.15, 0.2) is 0 Å². The summed E-state index contributed by atoms with van der Waals surface area (Å²) in [5.41, 5.74) is 3.55. The van der Waals surface area contributed by atoms with Crippen molar-refractivity contribution in [1.82, 2.24) is 14.9 Å². The number of amides is 1. The molecule has 1 aliphatic rings. The number of ether oxygens (including phenoxy) is 2. The molecule has 6 nitrogen and oxygen atoms in total. The minimum atomic E-state index is -0.241.